The molecular formula is C25H32ClFN5O8P. The lowest BCUT2D eigenvalue weighted by molar-refractivity contribution is -0.149. The number of nitrogens with one attached hydrogen (secondary N) is 1. The number of carbonyl (C=O) groups excluding carboxylic acids is 1. The van der Waals surface area contributed by atoms with Gasteiger partial charge in [-0.3, -0.25) is 13.9 Å². The minimum atomic E-state index is -4.32. The minimum Gasteiger partial charge on any atom is -0.479 e. The largest absolute Gasteiger partial charge is 0.479 e. The summed E-state index contributed by atoms with van der Waals surface area (Å²) in [6.07, 6.45) is -3.36. The number of carbonyl (C=O) groups is 1. The predicted molar refractivity (Wildman–Crippen MR) is 145 cm³/mol. The van der Waals surface area contributed by atoms with E-state index in [0.717, 1.165) is 0 Å². The van der Waals surface area contributed by atoms with E-state index in [-0.39, 0.29) is 28.1 Å². The number of benzene rings is 1. The quantitative estimate of drug-likeness (QED) is 0.173. The number of methoxy groups -OCH3 is 1. The number of nitrogens with zero attached hydrogens (tertiary/aromatic N) is 4. The highest BCUT2D eigenvalue weighted by Crippen LogP contribution is 2.51. The molecule has 6 atom stereocenters. The number of halogens is 2. The molecule has 2 aromatic heterocycles. The number of fused-ring (bicyclic) bond motifs is 1. The van der Waals surface area contributed by atoms with Crippen LogP contribution in [0.2, 0.25) is 5.28 Å². The Labute approximate surface area is 240 Å². The van der Waals surface area contributed by atoms with Gasteiger partial charge in [0, 0.05) is 0 Å². The van der Waals surface area contributed by atoms with Crippen LogP contribution in [0.25, 0.3) is 11.2 Å². The molecule has 3 aromatic rings. The van der Waals surface area contributed by atoms with Crippen molar-refractivity contribution in [2.75, 3.05) is 20.3 Å². The molecule has 1 fully saturated rings. The van der Waals surface area contributed by atoms with E-state index in [1.54, 1.807) is 44.2 Å². The summed E-state index contributed by atoms with van der Waals surface area (Å²) in [7, 11) is -2.94. The van der Waals surface area contributed by atoms with Gasteiger partial charge in [-0.1, -0.05) is 25.1 Å². The van der Waals surface area contributed by atoms with Crippen molar-refractivity contribution in [2.24, 2.45) is 5.41 Å². The minimum absolute atomic E-state index is 0.0899. The van der Waals surface area contributed by atoms with E-state index in [1.165, 1.54) is 31.9 Å². The summed E-state index contributed by atoms with van der Waals surface area (Å²) in [6, 6.07) is 7.05. The molecular weight excluding hydrogens is 584 g/mol. The number of para-hydroxylation sites is 1. The Kier molecular flexibility index (Phi) is 9.52. The molecule has 4 rings (SSSR count). The van der Waals surface area contributed by atoms with Gasteiger partial charge in [0.2, 0.25) is 11.2 Å². The zero-order chi connectivity index (χ0) is 29.9. The van der Waals surface area contributed by atoms with Gasteiger partial charge in [0.05, 0.1) is 44.3 Å². The van der Waals surface area contributed by atoms with Gasteiger partial charge < -0.3 is 23.8 Å². The van der Waals surface area contributed by atoms with Crippen LogP contribution in [0, 0.1) is 5.41 Å². The van der Waals surface area contributed by atoms with Crippen molar-refractivity contribution in [1.29, 1.82) is 0 Å². The Bertz CT molecular complexity index is 1420. The summed E-state index contributed by atoms with van der Waals surface area (Å²) in [6.45, 7) is 5.14. The molecule has 13 nitrogen and oxygen atoms in total. The van der Waals surface area contributed by atoms with Gasteiger partial charge in [-0.2, -0.15) is 15.1 Å². The highest BCUT2D eigenvalue weighted by Gasteiger charge is 2.56. The molecule has 0 bridgehead atoms. The predicted octanol–water partition coefficient (Wildman–Crippen LogP) is 3.86. The molecule has 3 unspecified atom stereocenters. The first-order chi connectivity index (χ1) is 19.4. The standard InChI is InChI=1S/C25H32ClFN5O8P/c1-14(2)38-23(34)15(3)31-41(35,40-16-9-7-6-8-10-16)37-12-25(4)17(11-33)39-22(19(25)27)32-13-28-18-20(32)29-24(26)30-21(18)36-5/h6-10,13-15,17,19,22,33H,11-12H2,1-5H3,(H,31,35)/t15-,17+,19?,22+,25?,41?/m0/s1. The van der Waals surface area contributed by atoms with E-state index in [1.807, 2.05) is 0 Å². The van der Waals surface area contributed by atoms with E-state index >= 15 is 4.39 Å². The second kappa shape index (κ2) is 12.6. The van der Waals surface area contributed by atoms with Crippen LogP contribution in [0.1, 0.15) is 33.9 Å². The van der Waals surface area contributed by atoms with Crippen molar-refractivity contribution in [3.05, 3.63) is 41.9 Å². The van der Waals surface area contributed by atoms with E-state index in [2.05, 4.69) is 20.0 Å². The lowest BCUT2D eigenvalue weighted by atomic mass is 9.82. The number of hydrogen-bond acceptors (Lipinski definition) is 11. The molecule has 0 aliphatic carbocycles. The Morgan fingerprint density at radius 3 is 2.63 bits per heavy atom. The molecule has 1 aromatic carbocycles. The van der Waals surface area contributed by atoms with Crippen LogP contribution in [0.15, 0.2) is 36.7 Å². The number of alkyl halides is 1. The van der Waals surface area contributed by atoms with Gasteiger partial charge >= 0.3 is 13.7 Å². The summed E-state index contributed by atoms with van der Waals surface area (Å²) in [5.74, 6) is -0.410. The van der Waals surface area contributed by atoms with Crippen LogP contribution in [0.4, 0.5) is 4.39 Å². The molecule has 16 heteroatoms. The number of hydrogen-bond donors (Lipinski definition) is 2. The number of aliphatic hydroxyl groups is 1. The van der Waals surface area contributed by atoms with Crippen molar-refractivity contribution >= 4 is 36.5 Å². The zero-order valence-corrected chi connectivity index (χ0v) is 24.7. The van der Waals surface area contributed by atoms with Crippen LogP contribution in [-0.2, 0) is 23.4 Å². The maximum atomic E-state index is 16.3. The van der Waals surface area contributed by atoms with Crippen LogP contribution < -0.4 is 14.3 Å². The van der Waals surface area contributed by atoms with E-state index in [0.29, 0.717) is 0 Å². The number of aromatic nitrogens is 4. The van der Waals surface area contributed by atoms with Crippen molar-refractivity contribution in [3.63, 3.8) is 0 Å². The van der Waals surface area contributed by atoms with Gasteiger partial charge in [-0.15, -0.1) is 0 Å². The van der Waals surface area contributed by atoms with E-state index in [9.17, 15) is 14.5 Å². The molecule has 1 aliphatic heterocycles. The van der Waals surface area contributed by atoms with Crippen LogP contribution in [0.5, 0.6) is 11.6 Å². The first kappa shape index (κ1) is 31.1. The second-order valence-electron chi connectivity index (χ2n) is 9.94. The molecule has 224 valence electrons. The highest BCUT2D eigenvalue weighted by molar-refractivity contribution is 7.52. The molecule has 41 heavy (non-hydrogen) atoms. The average Bonchev–Trinajstić information content (AvgIpc) is 3.45. The topological polar surface area (TPSA) is 156 Å². The zero-order valence-electron chi connectivity index (χ0n) is 23.1. The van der Waals surface area contributed by atoms with Gasteiger partial charge in [0.25, 0.3) is 0 Å². The fourth-order valence-electron chi connectivity index (χ4n) is 4.28. The summed E-state index contributed by atoms with van der Waals surface area (Å²) in [5.41, 5.74) is -1.17. The molecule has 0 spiro atoms. The Balaban J connectivity index is 1.61. The first-order valence-corrected chi connectivity index (χ1v) is 14.6. The summed E-state index contributed by atoms with van der Waals surface area (Å²) >= 11 is 6.02. The summed E-state index contributed by atoms with van der Waals surface area (Å²) < 4.78 is 59.2. The van der Waals surface area contributed by atoms with Gasteiger partial charge in [-0.25, -0.2) is 13.9 Å². The molecule has 3 heterocycles. The van der Waals surface area contributed by atoms with Crippen LogP contribution in [-0.4, -0.2) is 75.3 Å². The summed E-state index contributed by atoms with van der Waals surface area (Å²) in [4.78, 5) is 24.7. The molecule has 0 saturated carbocycles. The number of aliphatic hydroxyl groups excluding tert-OH is 1. The van der Waals surface area contributed by atoms with Gasteiger partial charge in [-0.05, 0) is 44.5 Å². The SMILES string of the molecule is COc1nc(Cl)nc2c1ncn2[C@@H]1O[C@H](CO)C(C)(COP(=O)(N[C@@H](C)C(=O)OC(C)C)Oc2ccccc2)C1F. The van der Waals surface area contributed by atoms with Crippen molar-refractivity contribution in [1.82, 2.24) is 24.6 Å². The fraction of sp³-hybridized carbons (Fsp3) is 0.520. The Hall–Kier alpha value is -2.87. The smallest absolute Gasteiger partial charge is 0.459 e. The number of esters is 1. The number of ether oxygens (including phenoxy) is 3. The van der Waals surface area contributed by atoms with Crippen molar-refractivity contribution in [2.45, 2.75) is 58.3 Å². The van der Waals surface area contributed by atoms with Gasteiger partial charge in [0.1, 0.15) is 11.8 Å². The monoisotopic (exact) mass is 615 g/mol. The van der Waals surface area contributed by atoms with Crippen LogP contribution in [0.3, 0.4) is 0 Å². The number of rotatable bonds is 12. The third-order valence-corrected chi connectivity index (χ3v) is 8.28. The molecule has 2 N–H and O–H groups in total. The third-order valence-electron chi connectivity index (χ3n) is 6.49. The normalized spacial score (nSPS) is 24.8. The lowest BCUT2D eigenvalue weighted by Gasteiger charge is -2.32. The maximum Gasteiger partial charge on any atom is 0.459 e. The average molecular weight is 616 g/mol. The third kappa shape index (κ3) is 6.63. The van der Waals surface area contributed by atoms with Crippen molar-refractivity contribution in [3.8, 4) is 11.6 Å². The second-order valence-corrected chi connectivity index (χ2v) is 12.0. The van der Waals surface area contributed by atoms with E-state index < -0.39 is 63.0 Å². The lowest BCUT2D eigenvalue weighted by Crippen LogP contribution is -2.42. The number of imidazole rings is 1. The molecule has 0 amide bonds. The fourth-order valence-corrected chi connectivity index (χ4v) is 6.04. The first-order valence-electron chi connectivity index (χ1n) is 12.7. The van der Waals surface area contributed by atoms with Crippen LogP contribution >= 0.6 is 19.3 Å². The van der Waals surface area contributed by atoms with Crippen molar-refractivity contribution < 1.29 is 42.1 Å². The molecule has 1 saturated heterocycles. The Morgan fingerprint density at radius 2 is 2.00 bits per heavy atom. The molecule has 1 aliphatic rings. The molecule has 0 radical (unpaired) electrons. The Morgan fingerprint density at radius 1 is 1.29 bits per heavy atom. The van der Waals surface area contributed by atoms with Gasteiger partial charge in [0.15, 0.2) is 23.6 Å². The summed E-state index contributed by atoms with van der Waals surface area (Å²) in [5, 5.41) is 12.5. The van der Waals surface area contributed by atoms with E-state index in [4.69, 9.17) is 34.9 Å². The maximum absolute atomic E-state index is 16.3. The highest BCUT2D eigenvalue weighted by atomic mass is 35.5.